The van der Waals surface area contributed by atoms with Gasteiger partial charge in [-0.05, 0) is 25.0 Å². The maximum absolute atomic E-state index is 5.10. The average molecular weight is 128 g/mol. The molecule has 0 unspecified atom stereocenters. The van der Waals surface area contributed by atoms with Crippen LogP contribution in [0.25, 0.3) is 0 Å². The highest BCUT2D eigenvalue weighted by atomic mass is 16.7. The van der Waals surface area contributed by atoms with Gasteiger partial charge >= 0.3 is 0 Å². The molecular formula is C7H12O2. The van der Waals surface area contributed by atoms with E-state index in [1.54, 1.807) is 0 Å². The van der Waals surface area contributed by atoms with E-state index in [-0.39, 0.29) is 0 Å². The van der Waals surface area contributed by atoms with Gasteiger partial charge in [-0.2, -0.15) is 0 Å². The third-order valence-electron chi connectivity index (χ3n) is 1.53. The lowest BCUT2D eigenvalue weighted by Gasteiger charge is -1.97. The molecule has 0 aromatic carbocycles. The van der Waals surface area contributed by atoms with Gasteiger partial charge in [-0.1, -0.05) is 0 Å². The van der Waals surface area contributed by atoms with Crippen LogP contribution in [-0.2, 0) is 9.47 Å². The zero-order valence-electron chi connectivity index (χ0n) is 5.94. The molecule has 1 rings (SSSR count). The maximum atomic E-state index is 5.10. The van der Waals surface area contributed by atoms with Crippen molar-refractivity contribution in [2.24, 2.45) is 0 Å². The van der Waals surface area contributed by atoms with Crippen LogP contribution in [0, 0.1) is 0 Å². The van der Waals surface area contributed by atoms with Crippen LogP contribution in [0.4, 0.5) is 0 Å². The molecule has 0 saturated carbocycles. The average Bonchev–Trinajstić information content (AvgIpc) is 1.99. The second-order valence-electron chi connectivity index (χ2n) is 2.38. The van der Waals surface area contributed by atoms with Gasteiger partial charge in [-0.15, -0.1) is 0 Å². The molecule has 0 fully saturated rings. The minimum atomic E-state index is 0.439. The first kappa shape index (κ1) is 6.78. The molecule has 52 valence electrons. The summed E-state index contributed by atoms with van der Waals surface area (Å²) in [7, 11) is 0. The summed E-state index contributed by atoms with van der Waals surface area (Å²) in [5.41, 5.74) is 2.60. The second kappa shape index (κ2) is 2.99. The lowest BCUT2D eigenvalue weighted by Crippen LogP contribution is -1.96. The van der Waals surface area contributed by atoms with Gasteiger partial charge in [-0.3, -0.25) is 0 Å². The van der Waals surface area contributed by atoms with Crippen LogP contribution >= 0.6 is 0 Å². The van der Waals surface area contributed by atoms with Crippen LogP contribution in [0.1, 0.15) is 13.8 Å². The molecule has 9 heavy (non-hydrogen) atoms. The molecule has 0 aromatic heterocycles. The molecule has 0 saturated heterocycles. The van der Waals surface area contributed by atoms with Crippen molar-refractivity contribution in [3.8, 4) is 0 Å². The van der Waals surface area contributed by atoms with Gasteiger partial charge in [0, 0.05) is 0 Å². The van der Waals surface area contributed by atoms with Gasteiger partial charge in [-0.25, -0.2) is 0 Å². The van der Waals surface area contributed by atoms with Crippen molar-refractivity contribution < 1.29 is 9.47 Å². The number of hydrogen-bond acceptors (Lipinski definition) is 2. The highest BCUT2D eigenvalue weighted by molar-refractivity contribution is 5.10. The van der Waals surface area contributed by atoms with Crippen LogP contribution < -0.4 is 0 Å². The minimum Gasteiger partial charge on any atom is -0.351 e. The predicted molar refractivity (Wildman–Crippen MR) is 35.1 cm³/mol. The first-order chi connectivity index (χ1) is 4.30. The first-order valence-corrected chi connectivity index (χ1v) is 3.11. The van der Waals surface area contributed by atoms with E-state index in [1.807, 2.05) is 0 Å². The van der Waals surface area contributed by atoms with Crippen molar-refractivity contribution in [2.45, 2.75) is 13.8 Å². The van der Waals surface area contributed by atoms with Crippen molar-refractivity contribution in [1.29, 1.82) is 0 Å². The van der Waals surface area contributed by atoms with E-state index in [9.17, 15) is 0 Å². The topological polar surface area (TPSA) is 18.5 Å². The summed E-state index contributed by atoms with van der Waals surface area (Å²) in [5, 5.41) is 0. The maximum Gasteiger partial charge on any atom is 0.147 e. The lowest BCUT2D eigenvalue weighted by atomic mass is 10.2. The quantitative estimate of drug-likeness (QED) is 0.458. The predicted octanol–water partition coefficient (Wildman–Crippen LogP) is 1.33. The molecule has 1 aliphatic heterocycles. The van der Waals surface area contributed by atoms with Crippen molar-refractivity contribution in [3.05, 3.63) is 11.1 Å². The summed E-state index contributed by atoms with van der Waals surface area (Å²) in [6.45, 7) is 6.04. The Morgan fingerprint density at radius 1 is 1.00 bits per heavy atom. The van der Waals surface area contributed by atoms with E-state index >= 15 is 0 Å². The fourth-order valence-electron chi connectivity index (χ4n) is 0.695. The molecule has 0 amide bonds. The van der Waals surface area contributed by atoms with E-state index in [2.05, 4.69) is 13.8 Å². The Morgan fingerprint density at radius 3 is 1.89 bits per heavy atom. The summed E-state index contributed by atoms with van der Waals surface area (Å²) >= 11 is 0. The standard InChI is InChI=1S/C7H12O2/c1-6-3-8-5-9-4-7(6)2/h3-5H2,1-2H3. The fourth-order valence-corrected chi connectivity index (χ4v) is 0.695. The van der Waals surface area contributed by atoms with E-state index < -0.39 is 0 Å². The van der Waals surface area contributed by atoms with E-state index in [0.29, 0.717) is 6.79 Å². The SMILES string of the molecule is CC1=C(C)COCOC1. The molecule has 0 aromatic rings. The zero-order chi connectivity index (χ0) is 6.69. The Hall–Kier alpha value is -0.340. The smallest absolute Gasteiger partial charge is 0.147 e. The highest BCUT2D eigenvalue weighted by Crippen LogP contribution is 2.07. The van der Waals surface area contributed by atoms with Crippen molar-refractivity contribution in [3.63, 3.8) is 0 Å². The van der Waals surface area contributed by atoms with E-state index in [4.69, 9.17) is 9.47 Å². The summed E-state index contributed by atoms with van der Waals surface area (Å²) in [6.07, 6.45) is 0. The molecule has 1 aliphatic rings. The number of hydrogen-bond donors (Lipinski definition) is 0. The Morgan fingerprint density at radius 2 is 1.44 bits per heavy atom. The molecule has 0 N–H and O–H groups in total. The van der Waals surface area contributed by atoms with Crippen LogP contribution in [0.2, 0.25) is 0 Å². The summed E-state index contributed by atoms with van der Waals surface area (Å²) in [6, 6.07) is 0. The van der Waals surface area contributed by atoms with Crippen LogP contribution in [0.15, 0.2) is 11.1 Å². The van der Waals surface area contributed by atoms with E-state index in [0.717, 1.165) is 13.2 Å². The molecule has 2 nitrogen and oxygen atoms in total. The minimum absolute atomic E-state index is 0.439. The van der Waals surface area contributed by atoms with Gasteiger partial charge in [0.1, 0.15) is 6.79 Å². The van der Waals surface area contributed by atoms with Crippen LogP contribution in [-0.4, -0.2) is 20.0 Å². The second-order valence-corrected chi connectivity index (χ2v) is 2.38. The Kier molecular flexibility index (Phi) is 2.25. The highest BCUT2D eigenvalue weighted by Gasteiger charge is 2.01. The summed E-state index contributed by atoms with van der Waals surface area (Å²) in [5.74, 6) is 0. The third kappa shape index (κ3) is 1.80. The van der Waals surface area contributed by atoms with Crippen LogP contribution in [0.5, 0.6) is 0 Å². The van der Waals surface area contributed by atoms with Gasteiger partial charge in [0.15, 0.2) is 0 Å². The third-order valence-corrected chi connectivity index (χ3v) is 1.53. The molecule has 2 heteroatoms. The Bertz CT molecular complexity index is 113. The first-order valence-electron chi connectivity index (χ1n) is 3.11. The number of ether oxygens (including phenoxy) is 2. The van der Waals surface area contributed by atoms with Crippen molar-refractivity contribution in [2.75, 3.05) is 20.0 Å². The Balaban J connectivity index is 2.55. The molecule has 0 atom stereocenters. The van der Waals surface area contributed by atoms with Gasteiger partial charge in [0.25, 0.3) is 0 Å². The lowest BCUT2D eigenvalue weighted by molar-refractivity contribution is -0.0292. The normalized spacial score (nSPS) is 22.0. The Labute approximate surface area is 55.5 Å². The monoisotopic (exact) mass is 128 g/mol. The molecule has 1 heterocycles. The summed E-state index contributed by atoms with van der Waals surface area (Å²) in [4.78, 5) is 0. The van der Waals surface area contributed by atoms with Crippen LogP contribution in [0.3, 0.4) is 0 Å². The molecular weight excluding hydrogens is 116 g/mol. The molecule has 0 aliphatic carbocycles. The largest absolute Gasteiger partial charge is 0.351 e. The fraction of sp³-hybridized carbons (Fsp3) is 0.714. The molecule has 0 spiro atoms. The van der Waals surface area contributed by atoms with Gasteiger partial charge < -0.3 is 9.47 Å². The molecule has 0 bridgehead atoms. The van der Waals surface area contributed by atoms with E-state index in [1.165, 1.54) is 11.1 Å². The molecule has 0 radical (unpaired) electrons. The van der Waals surface area contributed by atoms with Gasteiger partial charge in [0.2, 0.25) is 0 Å². The van der Waals surface area contributed by atoms with Crippen molar-refractivity contribution >= 4 is 0 Å². The van der Waals surface area contributed by atoms with Gasteiger partial charge in [0.05, 0.1) is 13.2 Å². The zero-order valence-corrected chi connectivity index (χ0v) is 5.94. The van der Waals surface area contributed by atoms with Crippen molar-refractivity contribution in [1.82, 2.24) is 0 Å². The number of rotatable bonds is 0. The summed E-state index contributed by atoms with van der Waals surface area (Å²) < 4.78 is 10.2.